The minimum absolute atomic E-state index is 0.0696. The van der Waals surface area contributed by atoms with Gasteiger partial charge in [0.15, 0.2) is 17.2 Å². The van der Waals surface area contributed by atoms with E-state index >= 15 is 4.39 Å². The van der Waals surface area contributed by atoms with Crippen LogP contribution in [-0.4, -0.2) is 57.4 Å². The number of halogens is 1. The molecule has 32 heavy (non-hydrogen) atoms. The van der Waals surface area contributed by atoms with Crippen LogP contribution in [0.3, 0.4) is 0 Å². The fraction of sp³-hybridized carbons (Fsp3) is 0.524. The lowest BCUT2D eigenvalue weighted by atomic mass is 9.94. The van der Waals surface area contributed by atoms with Gasteiger partial charge in [-0.1, -0.05) is 12.8 Å². The molecule has 1 aliphatic heterocycles. The van der Waals surface area contributed by atoms with E-state index in [9.17, 15) is 4.79 Å². The summed E-state index contributed by atoms with van der Waals surface area (Å²) in [5.74, 6) is 0.365. The maximum absolute atomic E-state index is 15.1. The zero-order valence-electron chi connectivity index (χ0n) is 17.7. The molecule has 2 aromatic rings. The second-order valence-corrected chi connectivity index (χ2v) is 8.22. The normalized spacial score (nSPS) is 18.0. The summed E-state index contributed by atoms with van der Waals surface area (Å²) in [7, 11) is 0. The van der Waals surface area contributed by atoms with Crippen LogP contribution in [-0.2, 0) is 0 Å². The standard InChI is InChI=1S/C21H26FN9O/c22-21(5-7-24-8-6-21)13-27-16-9-17(29-18-12-25-15(10-23)11-26-18)30-31-19(16)20(32)28-14-3-1-2-4-14/h9,11-12,14,24H,1-8,13H2,(H,28,32)(H2,26,27,29,30). The Kier molecular flexibility index (Phi) is 6.70. The number of carbonyl (C=O) groups excluding carboxylic acids is 1. The van der Waals surface area contributed by atoms with Crippen molar-refractivity contribution in [3.05, 3.63) is 29.8 Å². The van der Waals surface area contributed by atoms with Crippen molar-refractivity contribution in [2.24, 2.45) is 0 Å². The molecule has 0 spiro atoms. The predicted octanol–water partition coefficient (Wildman–Crippen LogP) is 2.06. The van der Waals surface area contributed by atoms with Gasteiger partial charge in [-0.15, -0.1) is 10.2 Å². The average molecular weight is 439 g/mol. The Hall–Kier alpha value is -3.39. The minimum atomic E-state index is -1.36. The van der Waals surface area contributed by atoms with Gasteiger partial charge in [0.25, 0.3) is 5.91 Å². The van der Waals surface area contributed by atoms with Crippen LogP contribution in [0.2, 0.25) is 0 Å². The van der Waals surface area contributed by atoms with Gasteiger partial charge in [0.1, 0.15) is 17.6 Å². The first kappa shape index (κ1) is 21.8. The first-order valence-corrected chi connectivity index (χ1v) is 10.9. The number of nitriles is 1. The Labute approximate surface area is 185 Å². The van der Waals surface area contributed by atoms with Crippen LogP contribution < -0.4 is 21.3 Å². The number of amides is 1. The van der Waals surface area contributed by atoms with Crippen LogP contribution in [0.1, 0.15) is 54.7 Å². The van der Waals surface area contributed by atoms with Crippen molar-refractivity contribution in [1.82, 2.24) is 30.8 Å². The highest BCUT2D eigenvalue weighted by molar-refractivity contribution is 5.98. The highest BCUT2D eigenvalue weighted by atomic mass is 19.1. The van der Waals surface area contributed by atoms with E-state index in [0.717, 1.165) is 25.7 Å². The van der Waals surface area contributed by atoms with Crippen LogP contribution in [0.25, 0.3) is 0 Å². The molecule has 2 fully saturated rings. The van der Waals surface area contributed by atoms with Gasteiger partial charge in [0.05, 0.1) is 18.1 Å². The number of nitrogens with one attached hydrogen (secondary N) is 4. The highest BCUT2D eigenvalue weighted by Crippen LogP contribution is 2.26. The lowest BCUT2D eigenvalue weighted by molar-refractivity contribution is 0.0932. The molecule has 4 N–H and O–H groups in total. The first-order valence-electron chi connectivity index (χ1n) is 10.9. The summed E-state index contributed by atoms with van der Waals surface area (Å²) in [6.07, 6.45) is 7.60. The summed E-state index contributed by atoms with van der Waals surface area (Å²) in [4.78, 5) is 20.9. The van der Waals surface area contributed by atoms with Gasteiger partial charge >= 0.3 is 0 Å². The first-order chi connectivity index (χ1) is 15.5. The molecule has 1 saturated heterocycles. The molecule has 10 nitrogen and oxygen atoms in total. The fourth-order valence-electron chi connectivity index (χ4n) is 3.97. The van der Waals surface area contributed by atoms with E-state index in [4.69, 9.17) is 5.26 Å². The molecular weight excluding hydrogens is 413 g/mol. The minimum Gasteiger partial charge on any atom is -0.380 e. The Morgan fingerprint density at radius 3 is 2.66 bits per heavy atom. The van der Waals surface area contributed by atoms with E-state index in [0.29, 0.717) is 43.3 Å². The molecule has 0 atom stereocenters. The summed E-state index contributed by atoms with van der Waals surface area (Å²) in [6, 6.07) is 3.64. The molecular formula is C21H26FN9O. The quantitative estimate of drug-likeness (QED) is 0.510. The molecule has 0 aromatic carbocycles. The predicted molar refractivity (Wildman–Crippen MR) is 116 cm³/mol. The third-order valence-electron chi connectivity index (χ3n) is 5.82. The molecule has 1 amide bonds. The molecule has 1 saturated carbocycles. The number of anilines is 3. The number of hydrogen-bond donors (Lipinski definition) is 4. The van der Waals surface area contributed by atoms with E-state index in [1.54, 1.807) is 6.07 Å². The van der Waals surface area contributed by atoms with E-state index in [2.05, 4.69) is 41.4 Å². The summed E-state index contributed by atoms with van der Waals surface area (Å²) in [5, 5.41) is 29.3. The number of alkyl halides is 1. The molecule has 168 valence electrons. The van der Waals surface area contributed by atoms with E-state index in [1.807, 2.05) is 6.07 Å². The molecule has 4 rings (SSSR count). The average Bonchev–Trinajstić information content (AvgIpc) is 3.32. The van der Waals surface area contributed by atoms with Gasteiger partial charge in [-0.2, -0.15) is 5.26 Å². The smallest absolute Gasteiger partial charge is 0.274 e. The van der Waals surface area contributed by atoms with Crippen molar-refractivity contribution in [3.63, 3.8) is 0 Å². The van der Waals surface area contributed by atoms with Crippen molar-refractivity contribution < 1.29 is 9.18 Å². The maximum Gasteiger partial charge on any atom is 0.274 e. The third-order valence-corrected chi connectivity index (χ3v) is 5.82. The van der Waals surface area contributed by atoms with Gasteiger partial charge in [-0.05, 0) is 38.8 Å². The number of hydrogen-bond acceptors (Lipinski definition) is 9. The Bertz CT molecular complexity index is 980. The zero-order valence-corrected chi connectivity index (χ0v) is 17.7. The van der Waals surface area contributed by atoms with E-state index in [-0.39, 0.29) is 29.9 Å². The molecule has 11 heteroatoms. The molecule has 1 aliphatic carbocycles. The lowest BCUT2D eigenvalue weighted by Crippen LogP contribution is -2.43. The van der Waals surface area contributed by atoms with Gasteiger partial charge < -0.3 is 21.3 Å². The van der Waals surface area contributed by atoms with E-state index < -0.39 is 5.67 Å². The highest BCUT2D eigenvalue weighted by Gasteiger charge is 2.32. The number of nitrogens with zero attached hydrogens (tertiary/aromatic N) is 5. The topological polar surface area (TPSA) is 141 Å². The number of rotatable bonds is 7. The van der Waals surface area contributed by atoms with Crippen LogP contribution in [0.15, 0.2) is 18.5 Å². The molecule has 0 radical (unpaired) electrons. The van der Waals surface area contributed by atoms with Gasteiger partial charge in [-0.25, -0.2) is 14.4 Å². The van der Waals surface area contributed by atoms with Crippen molar-refractivity contribution in [1.29, 1.82) is 5.26 Å². The van der Waals surface area contributed by atoms with Gasteiger partial charge in [0, 0.05) is 18.7 Å². The molecule has 3 heterocycles. The fourth-order valence-corrected chi connectivity index (χ4v) is 3.97. The van der Waals surface area contributed by atoms with E-state index in [1.165, 1.54) is 12.4 Å². The molecule has 2 aromatic heterocycles. The zero-order chi connectivity index (χ0) is 22.4. The summed E-state index contributed by atoms with van der Waals surface area (Å²) < 4.78 is 15.1. The Balaban J connectivity index is 1.53. The Morgan fingerprint density at radius 1 is 1.19 bits per heavy atom. The van der Waals surface area contributed by atoms with Crippen molar-refractivity contribution in [3.8, 4) is 6.07 Å². The monoisotopic (exact) mass is 439 g/mol. The largest absolute Gasteiger partial charge is 0.380 e. The second kappa shape index (κ2) is 9.82. The summed E-state index contributed by atoms with van der Waals surface area (Å²) >= 11 is 0. The Morgan fingerprint density at radius 2 is 1.97 bits per heavy atom. The molecule has 2 aliphatic rings. The van der Waals surface area contributed by atoms with Crippen molar-refractivity contribution >= 4 is 23.2 Å². The van der Waals surface area contributed by atoms with Gasteiger partial charge in [0.2, 0.25) is 0 Å². The summed E-state index contributed by atoms with van der Waals surface area (Å²) in [6.45, 7) is 1.30. The lowest BCUT2D eigenvalue weighted by Gasteiger charge is -2.30. The van der Waals surface area contributed by atoms with Crippen LogP contribution in [0.5, 0.6) is 0 Å². The number of carbonyl (C=O) groups is 1. The second-order valence-electron chi connectivity index (χ2n) is 8.22. The summed E-state index contributed by atoms with van der Waals surface area (Å²) in [5.41, 5.74) is -0.640. The van der Waals surface area contributed by atoms with Crippen LogP contribution >= 0.6 is 0 Å². The molecule has 0 unspecified atom stereocenters. The van der Waals surface area contributed by atoms with Crippen LogP contribution in [0, 0.1) is 11.3 Å². The SMILES string of the molecule is N#Cc1cnc(Nc2cc(NCC3(F)CCNCC3)c(C(=O)NC3CCCC3)nn2)cn1. The number of piperidine rings is 1. The van der Waals surface area contributed by atoms with Crippen LogP contribution in [0.4, 0.5) is 21.7 Å². The van der Waals surface area contributed by atoms with Crippen molar-refractivity contribution in [2.75, 3.05) is 30.3 Å². The maximum atomic E-state index is 15.1. The van der Waals surface area contributed by atoms with Gasteiger partial charge in [-0.3, -0.25) is 4.79 Å². The number of aromatic nitrogens is 4. The van der Waals surface area contributed by atoms with Crippen molar-refractivity contribution in [2.45, 2.75) is 50.2 Å². The third kappa shape index (κ3) is 5.45. The molecule has 0 bridgehead atoms.